The molecule has 17 heavy (non-hydrogen) atoms. The molecule has 4 heteroatoms. The summed E-state index contributed by atoms with van der Waals surface area (Å²) in [7, 11) is 0. The Morgan fingerprint density at radius 1 is 1.53 bits per heavy atom. The molecule has 0 amide bonds. The molecule has 1 aliphatic carbocycles. The molecule has 1 saturated carbocycles. The number of nitrogens with zero attached hydrogens (tertiary/aromatic N) is 1. The van der Waals surface area contributed by atoms with Gasteiger partial charge >= 0.3 is 0 Å². The van der Waals surface area contributed by atoms with Crippen LogP contribution >= 0.6 is 0 Å². The number of aromatic nitrogens is 1. The van der Waals surface area contributed by atoms with Crippen molar-refractivity contribution in [3.8, 4) is 5.88 Å². The van der Waals surface area contributed by atoms with Crippen LogP contribution in [0.5, 0.6) is 5.88 Å². The van der Waals surface area contributed by atoms with Gasteiger partial charge in [-0.2, -0.15) is 0 Å². The summed E-state index contributed by atoms with van der Waals surface area (Å²) in [5.74, 6) is -0.176. The van der Waals surface area contributed by atoms with Crippen LogP contribution in [0.4, 0.5) is 4.39 Å². The molecule has 0 atom stereocenters. The molecule has 0 unspecified atom stereocenters. The summed E-state index contributed by atoms with van der Waals surface area (Å²) >= 11 is 0. The van der Waals surface area contributed by atoms with E-state index in [1.807, 2.05) is 13.8 Å². The third kappa shape index (κ3) is 3.16. The normalized spacial score (nSPS) is 16.0. The third-order valence-corrected chi connectivity index (χ3v) is 2.97. The standard InChI is InChI=1S/C13H19FN2O/c1-9(2)16-8-10-6-7-15-13(12(10)14)17-11-4-3-5-11/h6-7,9,11,16H,3-5,8H2,1-2H3. The maximum absolute atomic E-state index is 14.0. The van der Waals surface area contributed by atoms with Crippen molar-refractivity contribution in [1.82, 2.24) is 10.3 Å². The van der Waals surface area contributed by atoms with Gasteiger partial charge < -0.3 is 10.1 Å². The van der Waals surface area contributed by atoms with E-state index < -0.39 is 0 Å². The lowest BCUT2D eigenvalue weighted by molar-refractivity contribution is 0.108. The van der Waals surface area contributed by atoms with Crippen LogP contribution in [-0.4, -0.2) is 17.1 Å². The van der Waals surface area contributed by atoms with Gasteiger partial charge in [-0.15, -0.1) is 0 Å². The molecule has 1 aromatic rings. The van der Waals surface area contributed by atoms with Crippen LogP contribution in [0, 0.1) is 5.82 Å². The van der Waals surface area contributed by atoms with Crippen LogP contribution < -0.4 is 10.1 Å². The van der Waals surface area contributed by atoms with E-state index >= 15 is 0 Å². The molecule has 3 nitrogen and oxygen atoms in total. The average Bonchev–Trinajstić information content (AvgIpc) is 2.23. The lowest BCUT2D eigenvalue weighted by atomic mass is 9.96. The Morgan fingerprint density at radius 3 is 2.88 bits per heavy atom. The first-order chi connectivity index (χ1) is 8.16. The monoisotopic (exact) mass is 238 g/mol. The van der Waals surface area contributed by atoms with Gasteiger partial charge in [0.15, 0.2) is 5.82 Å². The van der Waals surface area contributed by atoms with Gasteiger partial charge in [0.25, 0.3) is 5.88 Å². The summed E-state index contributed by atoms with van der Waals surface area (Å²) < 4.78 is 19.5. The quantitative estimate of drug-likeness (QED) is 0.856. The number of pyridine rings is 1. The molecule has 0 radical (unpaired) electrons. The predicted octanol–water partition coefficient (Wildman–Crippen LogP) is 2.65. The van der Waals surface area contributed by atoms with Crippen molar-refractivity contribution in [2.45, 2.75) is 51.8 Å². The Kier molecular flexibility index (Phi) is 3.94. The van der Waals surface area contributed by atoms with Crippen LogP contribution in [0.3, 0.4) is 0 Å². The highest BCUT2D eigenvalue weighted by molar-refractivity contribution is 5.23. The molecular weight excluding hydrogens is 219 g/mol. The van der Waals surface area contributed by atoms with Crippen molar-refractivity contribution in [3.63, 3.8) is 0 Å². The van der Waals surface area contributed by atoms with Gasteiger partial charge in [-0.25, -0.2) is 9.37 Å². The Hall–Kier alpha value is -1.16. The highest BCUT2D eigenvalue weighted by Gasteiger charge is 2.22. The molecule has 2 rings (SSSR count). The van der Waals surface area contributed by atoms with E-state index in [1.165, 1.54) is 6.42 Å². The minimum absolute atomic E-state index is 0.151. The molecule has 1 aromatic heterocycles. The third-order valence-electron chi connectivity index (χ3n) is 2.97. The zero-order valence-corrected chi connectivity index (χ0v) is 10.4. The van der Waals surface area contributed by atoms with Gasteiger partial charge in [0.1, 0.15) is 6.10 Å². The fraction of sp³-hybridized carbons (Fsp3) is 0.615. The maximum Gasteiger partial charge on any atom is 0.250 e. The van der Waals surface area contributed by atoms with Crippen LogP contribution in [0.1, 0.15) is 38.7 Å². The summed E-state index contributed by atoms with van der Waals surface area (Å²) in [6, 6.07) is 2.02. The molecule has 1 aliphatic rings. The highest BCUT2D eigenvalue weighted by atomic mass is 19.1. The van der Waals surface area contributed by atoms with Crippen molar-refractivity contribution >= 4 is 0 Å². The first-order valence-corrected chi connectivity index (χ1v) is 6.20. The predicted molar refractivity (Wildman–Crippen MR) is 64.4 cm³/mol. The number of nitrogens with one attached hydrogen (secondary N) is 1. The van der Waals surface area contributed by atoms with E-state index in [9.17, 15) is 4.39 Å². The average molecular weight is 238 g/mol. The SMILES string of the molecule is CC(C)NCc1ccnc(OC2CCC2)c1F. The molecule has 0 aromatic carbocycles. The van der Waals surface area contributed by atoms with Gasteiger partial charge in [-0.05, 0) is 25.3 Å². The van der Waals surface area contributed by atoms with Crippen molar-refractivity contribution in [2.75, 3.05) is 0 Å². The summed E-state index contributed by atoms with van der Waals surface area (Å²) in [4.78, 5) is 3.96. The molecule has 1 N–H and O–H groups in total. The number of halogens is 1. The highest BCUT2D eigenvalue weighted by Crippen LogP contribution is 2.26. The molecule has 94 valence electrons. The first kappa shape index (κ1) is 12.3. The van der Waals surface area contributed by atoms with Gasteiger partial charge in [-0.1, -0.05) is 13.8 Å². The molecule has 1 fully saturated rings. The van der Waals surface area contributed by atoms with Gasteiger partial charge in [-0.3, -0.25) is 0 Å². The van der Waals surface area contributed by atoms with E-state index in [2.05, 4.69) is 10.3 Å². The zero-order chi connectivity index (χ0) is 12.3. The van der Waals surface area contributed by atoms with Crippen LogP contribution in [0.25, 0.3) is 0 Å². The molecule has 0 spiro atoms. The topological polar surface area (TPSA) is 34.2 Å². The summed E-state index contributed by atoms with van der Waals surface area (Å²) in [5, 5.41) is 3.19. The Labute approximate surface area is 101 Å². The van der Waals surface area contributed by atoms with E-state index in [1.54, 1.807) is 12.3 Å². The Balaban J connectivity index is 2.03. The van der Waals surface area contributed by atoms with Gasteiger partial charge in [0.05, 0.1) is 0 Å². The molecular formula is C13H19FN2O. The Morgan fingerprint density at radius 2 is 2.29 bits per heavy atom. The number of ether oxygens (including phenoxy) is 1. The van der Waals surface area contributed by atoms with Crippen molar-refractivity contribution in [2.24, 2.45) is 0 Å². The zero-order valence-electron chi connectivity index (χ0n) is 10.4. The van der Waals surface area contributed by atoms with Crippen molar-refractivity contribution in [1.29, 1.82) is 0 Å². The first-order valence-electron chi connectivity index (χ1n) is 6.20. The summed E-state index contributed by atoms with van der Waals surface area (Å²) in [6.45, 7) is 4.57. The van der Waals surface area contributed by atoms with Gasteiger partial charge in [0.2, 0.25) is 0 Å². The second-order valence-corrected chi connectivity index (χ2v) is 4.80. The lowest BCUT2D eigenvalue weighted by Crippen LogP contribution is -2.26. The lowest BCUT2D eigenvalue weighted by Gasteiger charge is -2.26. The fourth-order valence-corrected chi connectivity index (χ4v) is 1.64. The van der Waals surface area contributed by atoms with Crippen molar-refractivity contribution < 1.29 is 9.13 Å². The van der Waals surface area contributed by atoms with E-state index in [0.29, 0.717) is 18.2 Å². The van der Waals surface area contributed by atoms with Crippen LogP contribution in [-0.2, 0) is 6.54 Å². The molecule has 0 bridgehead atoms. The summed E-state index contributed by atoms with van der Waals surface area (Å²) in [6.07, 6.45) is 4.95. The van der Waals surface area contributed by atoms with Gasteiger partial charge in [0, 0.05) is 24.3 Å². The summed E-state index contributed by atoms with van der Waals surface area (Å²) in [5.41, 5.74) is 0.614. The minimum atomic E-state index is -0.326. The van der Waals surface area contributed by atoms with E-state index in [4.69, 9.17) is 4.74 Å². The van der Waals surface area contributed by atoms with Crippen molar-refractivity contribution in [3.05, 3.63) is 23.6 Å². The van der Waals surface area contributed by atoms with Crippen LogP contribution in [0.2, 0.25) is 0 Å². The number of rotatable bonds is 5. The van der Waals surface area contributed by atoms with E-state index in [0.717, 1.165) is 12.8 Å². The second kappa shape index (κ2) is 5.45. The number of hydrogen-bond donors (Lipinski definition) is 1. The molecule has 0 aliphatic heterocycles. The van der Waals surface area contributed by atoms with E-state index in [-0.39, 0.29) is 17.8 Å². The largest absolute Gasteiger partial charge is 0.472 e. The molecule has 1 heterocycles. The van der Waals surface area contributed by atoms with Crippen LogP contribution in [0.15, 0.2) is 12.3 Å². The fourth-order valence-electron chi connectivity index (χ4n) is 1.64. The Bertz CT molecular complexity index is 378. The second-order valence-electron chi connectivity index (χ2n) is 4.80. The molecule has 0 saturated heterocycles. The maximum atomic E-state index is 14.0. The smallest absolute Gasteiger partial charge is 0.250 e. The minimum Gasteiger partial charge on any atom is -0.472 e. The number of hydrogen-bond acceptors (Lipinski definition) is 3.